The second-order valence-corrected chi connectivity index (χ2v) is 9.10. The summed E-state index contributed by atoms with van der Waals surface area (Å²) in [5.74, 6) is 3.51. The zero-order chi connectivity index (χ0) is 20.3. The van der Waals surface area contributed by atoms with Gasteiger partial charge in [0.15, 0.2) is 5.78 Å². The molecule has 2 saturated carbocycles. The molecule has 0 heterocycles. The molecule has 0 spiro atoms. The van der Waals surface area contributed by atoms with Gasteiger partial charge in [0.1, 0.15) is 5.78 Å². The fourth-order valence-electron chi connectivity index (χ4n) is 6.49. The number of fused-ring (bicyclic) bond motifs is 4. The summed E-state index contributed by atoms with van der Waals surface area (Å²) in [4.78, 5) is 24.4. The molecule has 5 heteroatoms. The molecular weight excluding hydrogens is 365 g/mol. The van der Waals surface area contributed by atoms with E-state index in [-0.39, 0.29) is 22.9 Å². The van der Waals surface area contributed by atoms with Gasteiger partial charge in [0.2, 0.25) is 0 Å². The Hall–Kier alpha value is -1.83. The van der Waals surface area contributed by atoms with Crippen LogP contribution in [0.3, 0.4) is 0 Å². The van der Waals surface area contributed by atoms with E-state index >= 15 is 0 Å². The van der Waals surface area contributed by atoms with Crippen LogP contribution in [0.25, 0.3) is 0 Å². The SMILES string of the molecule is CC(=O)[C@H]1CC[C@H]2[C@@H]3CCC4=CC(=O)C(C#CC(F)(F)F)CC4=C3CC[C@]12C. The zero-order valence-electron chi connectivity index (χ0n) is 16.3. The summed E-state index contributed by atoms with van der Waals surface area (Å²) in [6.07, 6.45) is 2.84. The molecule has 0 aliphatic heterocycles. The third kappa shape index (κ3) is 3.15. The van der Waals surface area contributed by atoms with Crippen molar-refractivity contribution in [2.45, 2.75) is 65.0 Å². The van der Waals surface area contributed by atoms with Gasteiger partial charge >= 0.3 is 6.18 Å². The fourth-order valence-corrected chi connectivity index (χ4v) is 6.49. The molecule has 0 saturated heterocycles. The molecule has 2 nitrogen and oxygen atoms in total. The maximum Gasteiger partial charge on any atom is 0.457 e. The van der Waals surface area contributed by atoms with E-state index in [1.165, 1.54) is 11.5 Å². The number of rotatable bonds is 1. The van der Waals surface area contributed by atoms with Crippen molar-refractivity contribution in [3.05, 3.63) is 22.8 Å². The number of hydrogen-bond acceptors (Lipinski definition) is 2. The van der Waals surface area contributed by atoms with Crippen molar-refractivity contribution < 1.29 is 22.8 Å². The summed E-state index contributed by atoms with van der Waals surface area (Å²) in [7, 11) is 0. The highest BCUT2D eigenvalue weighted by Gasteiger charge is 2.54. The molecule has 4 aliphatic carbocycles. The summed E-state index contributed by atoms with van der Waals surface area (Å²) in [6, 6.07) is 0. The average molecular weight is 390 g/mol. The van der Waals surface area contributed by atoms with Gasteiger partial charge < -0.3 is 0 Å². The smallest absolute Gasteiger partial charge is 0.300 e. The standard InChI is InChI=1S/C23H25F3O2/c1-13(27)19-5-6-20-17-4-3-14-12-21(28)15(7-10-23(24,25)26)11-18(14)16(17)8-9-22(19,20)2/h12,15,17,19-20H,3-6,8-9,11H2,1-2H3/t15?,17-,19-,20+,22-/m1/s1. The van der Waals surface area contributed by atoms with Crippen molar-refractivity contribution >= 4 is 11.6 Å². The summed E-state index contributed by atoms with van der Waals surface area (Å²) in [5.41, 5.74) is 3.45. The zero-order valence-corrected chi connectivity index (χ0v) is 16.3. The maximum atomic E-state index is 12.5. The number of ketones is 2. The molecule has 28 heavy (non-hydrogen) atoms. The van der Waals surface area contributed by atoms with Gasteiger partial charge in [-0.3, -0.25) is 9.59 Å². The maximum absolute atomic E-state index is 12.5. The van der Waals surface area contributed by atoms with E-state index in [9.17, 15) is 22.8 Å². The van der Waals surface area contributed by atoms with Crippen LogP contribution in [-0.4, -0.2) is 17.7 Å². The van der Waals surface area contributed by atoms with Crippen molar-refractivity contribution in [3.63, 3.8) is 0 Å². The lowest BCUT2D eigenvalue weighted by atomic mass is 9.55. The van der Waals surface area contributed by atoms with Crippen LogP contribution in [0.5, 0.6) is 0 Å². The van der Waals surface area contributed by atoms with E-state index in [1.807, 2.05) is 0 Å². The van der Waals surface area contributed by atoms with Crippen LogP contribution in [0.2, 0.25) is 0 Å². The molecule has 0 aromatic heterocycles. The Morgan fingerprint density at radius 1 is 1.21 bits per heavy atom. The normalized spacial score (nSPS) is 37.3. The lowest BCUT2D eigenvalue weighted by Crippen LogP contribution is -2.42. The second-order valence-electron chi connectivity index (χ2n) is 9.10. The molecule has 0 N–H and O–H groups in total. The molecule has 0 amide bonds. The van der Waals surface area contributed by atoms with E-state index in [1.54, 1.807) is 13.0 Å². The first-order valence-electron chi connectivity index (χ1n) is 10.2. The highest BCUT2D eigenvalue weighted by Crippen LogP contribution is 2.62. The third-order valence-corrected chi connectivity index (χ3v) is 7.72. The summed E-state index contributed by atoms with van der Waals surface area (Å²) in [5, 5.41) is 0. The minimum Gasteiger partial charge on any atom is -0.300 e. The molecule has 4 rings (SSSR count). The molecule has 0 aromatic rings. The van der Waals surface area contributed by atoms with Crippen molar-refractivity contribution in [3.8, 4) is 11.8 Å². The van der Waals surface area contributed by atoms with Gasteiger partial charge in [-0.15, -0.1) is 0 Å². The number of halogens is 3. The van der Waals surface area contributed by atoms with Crippen molar-refractivity contribution in [1.29, 1.82) is 0 Å². The van der Waals surface area contributed by atoms with E-state index in [0.29, 0.717) is 18.3 Å². The minimum atomic E-state index is -4.57. The van der Waals surface area contributed by atoms with Gasteiger partial charge in [-0.25, -0.2) is 0 Å². The minimum absolute atomic E-state index is 0.0295. The van der Waals surface area contributed by atoms with E-state index in [2.05, 4.69) is 12.8 Å². The van der Waals surface area contributed by atoms with Crippen molar-refractivity contribution in [1.82, 2.24) is 0 Å². The summed E-state index contributed by atoms with van der Waals surface area (Å²) >= 11 is 0. The quantitative estimate of drug-likeness (QED) is 0.578. The number of allylic oxidation sites excluding steroid dienone is 4. The Labute approximate surface area is 163 Å². The fraction of sp³-hybridized carbons (Fsp3) is 0.652. The molecule has 2 fully saturated rings. The number of Topliss-reactive ketones (excluding diaryl/α,β-unsaturated/α-hetero) is 1. The molecule has 150 valence electrons. The molecule has 1 unspecified atom stereocenters. The third-order valence-electron chi connectivity index (χ3n) is 7.72. The monoisotopic (exact) mass is 390 g/mol. The van der Waals surface area contributed by atoms with E-state index in [0.717, 1.165) is 49.7 Å². The molecule has 5 atom stereocenters. The predicted octanol–water partition coefficient (Wildman–Crippen LogP) is 5.19. The highest BCUT2D eigenvalue weighted by molar-refractivity contribution is 5.97. The van der Waals surface area contributed by atoms with Crippen LogP contribution < -0.4 is 0 Å². The van der Waals surface area contributed by atoms with Crippen LogP contribution in [0.4, 0.5) is 13.2 Å². The first-order valence-corrected chi connectivity index (χ1v) is 10.2. The average Bonchev–Trinajstić information content (AvgIpc) is 2.96. The Morgan fingerprint density at radius 2 is 1.96 bits per heavy atom. The number of carbonyl (C=O) groups is 2. The molecule has 4 aliphatic rings. The topological polar surface area (TPSA) is 34.1 Å². The molecule has 0 bridgehead atoms. The predicted molar refractivity (Wildman–Crippen MR) is 99.0 cm³/mol. The number of hydrogen-bond donors (Lipinski definition) is 0. The van der Waals surface area contributed by atoms with Gasteiger partial charge in [-0.2, -0.15) is 13.2 Å². The number of carbonyl (C=O) groups excluding carboxylic acids is 2. The van der Waals surface area contributed by atoms with E-state index < -0.39 is 12.1 Å². The Kier molecular flexibility index (Phi) is 4.60. The second kappa shape index (κ2) is 6.61. The number of alkyl halides is 3. The Bertz CT molecular complexity index is 851. The molecular formula is C23H25F3O2. The van der Waals surface area contributed by atoms with Gasteiger partial charge in [0.25, 0.3) is 0 Å². The summed E-state index contributed by atoms with van der Waals surface area (Å²) in [6.45, 7) is 3.95. The Morgan fingerprint density at radius 3 is 2.64 bits per heavy atom. The first kappa shape index (κ1) is 19.5. The largest absolute Gasteiger partial charge is 0.457 e. The van der Waals surface area contributed by atoms with Crippen LogP contribution >= 0.6 is 0 Å². The van der Waals surface area contributed by atoms with Gasteiger partial charge in [-0.05, 0) is 86.3 Å². The van der Waals surface area contributed by atoms with Gasteiger partial charge in [-0.1, -0.05) is 18.4 Å². The van der Waals surface area contributed by atoms with Crippen LogP contribution in [0, 0.1) is 40.9 Å². The molecule has 0 aromatic carbocycles. The van der Waals surface area contributed by atoms with Gasteiger partial charge in [0, 0.05) is 11.8 Å². The lowest BCUT2D eigenvalue weighted by molar-refractivity contribution is -0.125. The van der Waals surface area contributed by atoms with Crippen molar-refractivity contribution in [2.24, 2.45) is 29.1 Å². The van der Waals surface area contributed by atoms with Crippen LogP contribution in [0.1, 0.15) is 58.8 Å². The van der Waals surface area contributed by atoms with Crippen molar-refractivity contribution in [2.75, 3.05) is 0 Å². The summed E-state index contributed by atoms with van der Waals surface area (Å²) < 4.78 is 37.5. The lowest BCUT2D eigenvalue weighted by Gasteiger charge is -2.49. The van der Waals surface area contributed by atoms with Crippen LogP contribution in [-0.2, 0) is 9.59 Å². The van der Waals surface area contributed by atoms with Crippen LogP contribution in [0.15, 0.2) is 22.8 Å². The molecule has 0 radical (unpaired) electrons. The van der Waals surface area contributed by atoms with E-state index in [4.69, 9.17) is 0 Å². The Balaban J connectivity index is 1.67. The first-order chi connectivity index (χ1) is 13.1. The highest BCUT2D eigenvalue weighted by atomic mass is 19.4. The van der Waals surface area contributed by atoms with Gasteiger partial charge in [0.05, 0.1) is 5.92 Å².